The first-order valence-corrected chi connectivity index (χ1v) is 9.83. The molecule has 0 saturated carbocycles. The van der Waals surface area contributed by atoms with E-state index in [1.165, 1.54) is 12.1 Å². The third-order valence-electron chi connectivity index (χ3n) is 4.70. The van der Waals surface area contributed by atoms with E-state index in [0.717, 1.165) is 6.07 Å². The molecule has 2 amide bonds. The van der Waals surface area contributed by atoms with Gasteiger partial charge in [-0.2, -0.15) is 13.2 Å². The van der Waals surface area contributed by atoms with Crippen LogP contribution in [0.1, 0.15) is 15.9 Å². The average molecular weight is 460 g/mol. The van der Waals surface area contributed by atoms with E-state index in [9.17, 15) is 22.8 Å². The number of carbonyl (C=O) groups is 2. The average Bonchev–Trinajstić information content (AvgIpc) is 2.69. The van der Waals surface area contributed by atoms with Gasteiger partial charge >= 0.3 is 6.18 Å². The molecule has 0 aliphatic carbocycles. The predicted octanol–water partition coefficient (Wildman–Crippen LogP) is 4.41. The summed E-state index contributed by atoms with van der Waals surface area (Å²) in [5.74, 6) is -0.743. The van der Waals surface area contributed by atoms with E-state index in [1.807, 2.05) is 0 Å². The molecule has 1 aliphatic heterocycles. The minimum atomic E-state index is -4.64. The van der Waals surface area contributed by atoms with Crippen LogP contribution in [0.4, 0.5) is 18.9 Å². The normalized spacial score (nSPS) is 15.2. The molecule has 0 bridgehead atoms. The van der Waals surface area contributed by atoms with E-state index < -0.39 is 23.3 Å². The van der Waals surface area contributed by atoms with Gasteiger partial charge in [-0.1, -0.05) is 29.3 Å². The molecule has 1 aliphatic rings. The van der Waals surface area contributed by atoms with E-state index in [-0.39, 0.29) is 17.5 Å². The van der Waals surface area contributed by atoms with Crippen molar-refractivity contribution < 1.29 is 22.8 Å². The maximum Gasteiger partial charge on any atom is 0.418 e. The number of rotatable bonds is 4. The molecule has 2 aromatic rings. The van der Waals surface area contributed by atoms with Gasteiger partial charge in [0.15, 0.2) is 0 Å². The van der Waals surface area contributed by atoms with Crippen LogP contribution in [-0.4, -0.2) is 54.3 Å². The van der Waals surface area contributed by atoms with Gasteiger partial charge in [-0.05, 0) is 36.4 Å². The molecule has 0 radical (unpaired) electrons. The Bertz CT molecular complexity index is 928. The van der Waals surface area contributed by atoms with Crippen LogP contribution in [0.25, 0.3) is 0 Å². The fraction of sp³-hybridized carbons (Fsp3) is 0.300. The molecule has 1 heterocycles. The predicted molar refractivity (Wildman–Crippen MR) is 109 cm³/mol. The lowest BCUT2D eigenvalue weighted by molar-refractivity contribution is -0.137. The highest BCUT2D eigenvalue weighted by atomic mass is 35.5. The fourth-order valence-electron chi connectivity index (χ4n) is 3.15. The van der Waals surface area contributed by atoms with Gasteiger partial charge in [-0.3, -0.25) is 14.5 Å². The maximum atomic E-state index is 13.2. The molecule has 160 valence electrons. The number of carbonyl (C=O) groups excluding carboxylic acids is 2. The van der Waals surface area contributed by atoms with Crippen LogP contribution >= 0.6 is 23.2 Å². The molecule has 0 spiro atoms. The summed E-state index contributed by atoms with van der Waals surface area (Å²) in [6.07, 6.45) is -4.64. The third kappa shape index (κ3) is 5.44. The summed E-state index contributed by atoms with van der Waals surface area (Å²) >= 11 is 11.7. The van der Waals surface area contributed by atoms with Gasteiger partial charge in [-0.25, -0.2) is 0 Å². The number of anilines is 1. The molecule has 10 heteroatoms. The van der Waals surface area contributed by atoms with Crippen LogP contribution in [0.5, 0.6) is 0 Å². The maximum absolute atomic E-state index is 13.2. The number of nitrogens with zero attached hydrogens (tertiary/aromatic N) is 2. The van der Waals surface area contributed by atoms with Gasteiger partial charge in [0, 0.05) is 36.8 Å². The highest BCUT2D eigenvalue weighted by Gasteiger charge is 2.35. The van der Waals surface area contributed by atoms with Gasteiger partial charge in [-0.15, -0.1) is 0 Å². The van der Waals surface area contributed by atoms with Crippen molar-refractivity contribution in [2.45, 2.75) is 6.18 Å². The Labute approximate surface area is 181 Å². The minimum Gasteiger partial charge on any atom is -0.336 e. The number of amides is 2. The van der Waals surface area contributed by atoms with Gasteiger partial charge < -0.3 is 10.2 Å². The van der Waals surface area contributed by atoms with Crippen molar-refractivity contribution in [2.75, 3.05) is 38.0 Å². The molecular weight excluding hydrogens is 442 g/mol. The Morgan fingerprint density at radius 2 is 1.60 bits per heavy atom. The summed E-state index contributed by atoms with van der Waals surface area (Å²) in [5, 5.41) is 2.63. The lowest BCUT2D eigenvalue weighted by Gasteiger charge is -2.34. The van der Waals surface area contributed by atoms with Crippen molar-refractivity contribution in [3.63, 3.8) is 0 Å². The smallest absolute Gasteiger partial charge is 0.336 e. The van der Waals surface area contributed by atoms with Gasteiger partial charge in [0.2, 0.25) is 5.91 Å². The topological polar surface area (TPSA) is 52.7 Å². The zero-order valence-corrected chi connectivity index (χ0v) is 17.2. The molecular formula is C20H18Cl2F3N3O2. The van der Waals surface area contributed by atoms with Crippen LogP contribution in [0.2, 0.25) is 10.0 Å². The number of halogens is 5. The molecule has 2 aromatic carbocycles. The van der Waals surface area contributed by atoms with Crippen molar-refractivity contribution in [1.82, 2.24) is 9.80 Å². The Hall–Kier alpha value is -2.29. The van der Waals surface area contributed by atoms with Crippen LogP contribution in [0.3, 0.4) is 0 Å². The Kier molecular flexibility index (Phi) is 6.90. The highest BCUT2D eigenvalue weighted by molar-refractivity contribution is 6.34. The monoisotopic (exact) mass is 459 g/mol. The van der Waals surface area contributed by atoms with Crippen LogP contribution in [0.15, 0.2) is 42.5 Å². The van der Waals surface area contributed by atoms with Gasteiger partial charge in [0.1, 0.15) is 0 Å². The molecule has 30 heavy (non-hydrogen) atoms. The van der Waals surface area contributed by atoms with E-state index in [0.29, 0.717) is 36.8 Å². The number of hydrogen-bond acceptors (Lipinski definition) is 3. The second kappa shape index (κ2) is 9.24. The molecule has 0 atom stereocenters. The number of para-hydroxylation sites is 1. The van der Waals surface area contributed by atoms with E-state index >= 15 is 0 Å². The lowest BCUT2D eigenvalue weighted by Crippen LogP contribution is -2.50. The minimum absolute atomic E-state index is 0.106. The largest absolute Gasteiger partial charge is 0.418 e. The van der Waals surface area contributed by atoms with E-state index in [1.54, 1.807) is 34.1 Å². The van der Waals surface area contributed by atoms with Gasteiger partial charge in [0.05, 0.1) is 22.8 Å². The molecule has 5 nitrogen and oxygen atoms in total. The van der Waals surface area contributed by atoms with Crippen LogP contribution in [0, 0.1) is 0 Å². The zero-order valence-electron chi connectivity index (χ0n) is 15.7. The summed E-state index contributed by atoms with van der Waals surface area (Å²) in [6, 6.07) is 9.89. The van der Waals surface area contributed by atoms with Crippen molar-refractivity contribution >= 4 is 40.7 Å². The molecule has 1 saturated heterocycles. The van der Waals surface area contributed by atoms with Crippen molar-refractivity contribution in [3.8, 4) is 0 Å². The molecule has 0 aromatic heterocycles. The number of hydrogen-bond donors (Lipinski definition) is 1. The molecule has 3 rings (SSSR count). The van der Waals surface area contributed by atoms with E-state index in [2.05, 4.69) is 5.32 Å². The first kappa shape index (κ1) is 22.4. The Balaban J connectivity index is 1.56. The SMILES string of the molecule is O=C(CN1CCN(C(=O)c2ccc(Cl)cc2)CC1)Nc1c(Cl)cccc1C(F)(F)F. The number of piperazine rings is 1. The van der Waals surface area contributed by atoms with Crippen molar-refractivity contribution in [3.05, 3.63) is 63.6 Å². The Morgan fingerprint density at radius 1 is 0.967 bits per heavy atom. The standard InChI is InChI=1S/C20H18Cl2F3N3O2/c21-14-6-4-13(5-7-14)19(30)28-10-8-27(9-11-28)12-17(29)26-18-15(20(23,24)25)2-1-3-16(18)22/h1-7H,8-12H2,(H,26,29). The molecule has 0 unspecified atom stereocenters. The number of nitrogens with one attached hydrogen (secondary N) is 1. The summed E-state index contributed by atoms with van der Waals surface area (Å²) < 4.78 is 39.5. The molecule has 1 fully saturated rings. The van der Waals surface area contributed by atoms with Crippen LogP contribution < -0.4 is 5.32 Å². The lowest BCUT2D eigenvalue weighted by atomic mass is 10.1. The number of benzene rings is 2. The summed E-state index contributed by atoms with van der Waals surface area (Å²) in [5.41, 5.74) is -0.932. The second-order valence-electron chi connectivity index (χ2n) is 6.78. The van der Waals surface area contributed by atoms with Crippen LogP contribution in [-0.2, 0) is 11.0 Å². The first-order valence-electron chi connectivity index (χ1n) is 9.08. The van der Waals surface area contributed by atoms with Crippen molar-refractivity contribution in [1.29, 1.82) is 0 Å². The molecule has 1 N–H and O–H groups in total. The summed E-state index contributed by atoms with van der Waals surface area (Å²) in [6.45, 7) is 1.53. The van der Waals surface area contributed by atoms with E-state index in [4.69, 9.17) is 23.2 Å². The van der Waals surface area contributed by atoms with Gasteiger partial charge in [0.25, 0.3) is 5.91 Å². The number of alkyl halides is 3. The second-order valence-corrected chi connectivity index (χ2v) is 7.63. The Morgan fingerprint density at radius 3 is 2.20 bits per heavy atom. The zero-order chi connectivity index (χ0) is 21.9. The highest BCUT2D eigenvalue weighted by Crippen LogP contribution is 2.38. The van der Waals surface area contributed by atoms with Crippen molar-refractivity contribution in [2.24, 2.45) is 0 Å². The summed E-state index contributed by atoms with van der Waals surface area (Å²) in [4.78, 5) is 28.3. The quantitative estimate of drug-likeness (QED) is 0.736. The first-order chi connectivity index (χ1) is 14.1. The summed E-state index contributed by atoms with van der Waals surface area (Å²) in [7, 11) is 0. The third-order valence-corrected chi connectivity index (χ3v) is 5.27. The fourth-order valence-corrected chi connectivity index (χ4v) is 3.50.